The maximum Gasteiger partial charge on any atom is 0.319 e. The summed E-state index contributed by atoms with van der Waals surface area (Å²) >= 11 is 0. The number of hydrogen-bond acceptors (Lipinski definition) is 2. The first-order chi connectivity index (χ1) is 10.5. The molecule has 1 aromatic rings. The average Bonchev–Trinajstić information content (AvgIpc) is 2.49. The summed E-state index contributed by atoms with van der Waals surface area (Å²) in [6.45, 7) is 2.18. The zero-order valence-electron chi connectivity index (χ0n) is 13.6. The van der Waals surface area contributed by atoms with Crippen LogP contribution in [-0.4, -0.2) is 37.0 Å². The van der Waals surface area contributed by atoms with Gasteiger partial charge in [-0.2, -0.15) is 0 Å². The van der Waals surface area contributed by atoms with Crippen molar-refractivity contribution in [2.45, 2.75) is 38.6 Å². The number of amides is 3. The van der Waals surface area contributed by atoms with E-state index in [-0.39, 0.29) is 18.0 Å². The molecule has 2 N–H and O–H groups in total. The number of carbonyl (C=O) groups is 2. The Morgan fingerprint density at radius 1 is 1.18 bits per heavy atom. The third-order valence-corrected chi connectivity index (χ3v) is 4.20. The number of nitrogens with zero attached hydrogens (tertiary/aromatic N) is 1. The van der Waals surface area contributed by atoms with Gasteiger partial charge in [0.1, 0.15) is 0 Å². The second-order valence-electron chi connectivity index (χ2n) is 6.25. The van der Waals surface area contributed by atoms with Crippen molar-refractivity contribution < 1.29 is 9.59 Å². The van der Waals surface area contributed by atoms with Gasteiger partial charge in [0, 0.05) is 31.4 Å². The largest absolute Gasteiger partial charge is 0.345 e. The van der Waals surface area contributed by atoms with Gasteiger partial charge in [0.2, 0.25) is 0 Å². The van der Waals surface area contributed by atoms with Crippen molar-refractivity contribution in [3.8, 4) is 0 Å². The van der Waals surface area contributed by atoms with Crippen LogP contribution in [0.2, 0.25) is 0 Å². The summed E-state index contributed by atoms with van der Waals surface area (Å²) in [5, 5.41) is 5.87. The van der Waals surface area contributed by atoms with Gasteiger partial charge in [0.05, 0.1) is 0 Å². The molecule has 2 rings (SSSR count). The molecule has 22 heavy (non-hydrogen) atoms. The molecule has 1 fully saturated rings. The lowest BCUT2D eigenvalue weighted by Gasteiger charge is -2.29. The molecule has 1 aliphatic carbocycles. The van der Waals surface area contributed by atoms with Crippen LogP contribution in [0.25, 0.3) is 0 Å². The Morgan fingerprint density at radius 2 is 1.91 bits per heavy atom. The highest BCUT2D eigenvalue weighted by molar-refractivity contribution is 5.96. The minimum absolute atomic E-state index is 0.0787. The predicted molar refractivity (Wildman–Crippen MR) is 88.0 cm³/mol. The maximum absolute atomic E-state index is 12.1. The lowest BCUT2D eigenvalue weighted by molar-refractivity contribution is 0.0827. The van der Waals surface area contributed by atoms with Crippen LogP contribution in [0.1, 0.15) is 43.0 Å². The van der Waals surface area contributed by atoms with Crippen molar-refractivity contribution in [2.75, 3.05) is 19.4 Å². The summed E-state index contributed by atoms with van der Waals surface area (Å²) in [5.41, 5.74) is 1.20. The highest BCUT2D eigenvalue weighted by atomic mass is 16.2. The number of anilines is 1. The van der Waals surface area contributed by atoms with Gasteiger partial charge in [-0.05, 0) is 37.0 Å². The molecule has 5 heteroatoms. The van der Waals surface area contributed by atoms with E-state index in [9.17, 15) is 9.59 Å². The molecule has 0 aromatic heterocycles. The quantitative estimate of drug-likeness (QED) is 0.901. The van der Waals surface area contributed by atoms with E-state index in [4.69, 9.17) is 0 Å². The fourth-order valence-electron chi connectivity index (χ4n) is 2.85. The summed E-state index contributed by atoms with van der Waals surface area (Å²) in [6, 6.07) is 7.04. The molecule has 2 atom stereocenters. The van der Waals surface area contributed by atoms with Crippen LogP contribution in [0, 0.1) is 5.92 Å². The molecule has 0 heterocycles. The summed E-state index contributed by atoms with van der Waals surface area (Å²) in [5.74, 6) is 0.436. The van der Waals surface area contributed by atoms with E-state index >= 15 is 0 Å². The van der Waals surface area contributed by atoms with Crippen molar-refractivity contribution in [3.63, 3.8) is 0 Å². The molecule has 1 aliphatic rings. The monoisotopic (exact) mass is 303 g/mol. The topological polar surface area (TPSA) is 61.4 Å². The van der Waals surface area contributed by atoms with E-state index in [1.807, 2.05) is 0 Å². The van der Waals surface area contributed by atoms with Gasteiger partial charge < -0.3 is 15.5 Å². The van der Waals surface area contributed by atoms with Gasteiger partial charge in [0.25, 0.3) is 5.91 Å². The minimum Gasteiger partial charge on any atom is -0.345 e. The van der Waals surface area contributed by atoms with Crippen molar-refractivity contribution in [3.05, 3.63) is 29.8 Å². The zero-order valence-corrected chi connectivity index (χ0v) is 13.6. The number of carbonyl (C=O) groups excluding carboxylic acids is 2. The van der Waals surface area contributed by atoms with Gasteiger partial charge in [-0.3, -0.25) is 4.79 Å². The molecule has 1 aromatic carbocycles. The lowest BCUT2D eigenvalue weighted by Crippen LogP contribution is -2.43. The van der Waals surface area contributed by atoms with Crippen LogP contribution >= 0.6 is 0 Å². The molecular weight excluding hydrogens is 278 g/mol. The molecule has 120 valence electrons. The van der Waals surface area contributed by atoms with E-state index in [2.05, 4.69) is 17.6 Å². The van der Waals surface area contributed by atoms with Gasteiger partial charge in [-0.25, -0.2) is 4.79 Å². The standard InChI is InChI=1S/C17H25N3O2/c1-12-7-4-5-10-15(12)19-17(22)18-14-9-6-8-13(11-14)16(21)20(2)3/h6,8-9,11-12,15H,4-5,7,10H2,1-3H3,(H2,18,19,22)/t12-,15-/m1/s1. The SMILES string of the molecule is C[C@@H]1CCCC[C@H]1NC(=O)Nc1cccc(C(=O)N(C)C)c1. The lowest BCUT2D eigenvalue weighted by atomic mass is 9.86. The number of rotatable bonds is 3. The van der Waals surface area contributed by atoms with Crippen LogP contribution in [0.4, 0.5) is 10.5 Å². The molecule has 0 unspecified atom stereocenters. The van der Waals surface area contributed by atoms with Gasteiger partial charge in [-0.1, -0.05) is 25.8 Å². The molecule has 5 nitrogen and oxygen atoms in total. The molecule has 0 saturated heterocycles. The normalized spacial score (nSPS) is 21.0. The molecule has 0 bridgehead atoms. The highest BCUT2D eigenvalue weighted by Gasteiger charge is 2.22. The second-order valence-corrected chi connectivity index (χ2v) is 6.25. The summed E-state index contributed by atoms with van der Waals surface area (Å²) in [4.78, 5) is 25.6. The van der Waals surface area contributed by atoms with Crippen molar-refractivity contribution >= 4 is 17.6 Å². The Morgan fingerprint density at radius 3 is 2.59 bits per heavy atom. The Bertz CT molecular complexity index is 542. The van der Waals surface area contributed by atoms with E-state index in [1.165, 1.54) is 17.7 Å². The van der Waals surface area contributed by atoms with Crippen molar-refractivity contribution in [2.24, 2.45) is 5.92 Å². The van der Waals surface area contributed by atoms with E-state index in [1.54, 1.807) is 38.4 Å². The summed E-state index contributed by atoms with van der Waals surface area (Å²) in [6.07, 6.45) is 4.61. The van der Waals surface area contributed by atoms with Crippen LogP contribution in [0.5, 0.6) is 0 Å². The second kappa shape index (κ2) is 7.29. The van der Waals surface area contributed by atoms with Crippen LogP contribution < -0.4 is 10.6 Å². The Balaban J connectivity index is 1.96. The Hall–Kier alpha value is -2.04. The van der Waals surface area contributed by atoms with Crippen LogP contribution in [0.15, 0.2) is 24.3 Å². The summed E-state index contributed by atoms with van der Waals surface area (Å²) < 4.78 is 0. The first-order valence-corrected chi connectivity index (χ1v) is 7.86. The summed E-state index contributed by atoms with van der Waals surface area (Å²) in [7, 11) is 3.42. The molecule has 0 spiro atoms. The molecule has 1 saturated carbocycles. The van der Waals surface area contributed by atoms with E-state index in [0.717, 1.165) is 12.8 Å². The minimum atomic E-state index is -0.201. The average molecular weight is 303 g/mol. The molecule has 0 aliphatic heterocycles. The number of urea groups is 1. The fraction of sp³-hybridized carbons (Fsp3) is 0.529. The maximum atomic E-state index is 12.1. The van der Waals surface area contributed by atoms with Crippen molar-refractivity contribution in [1.82, 2.24) is 10.2 Å². The van der Waals surface area contributed by atoms with Crippen molar-refractivity contribution in [1.29, 1.82) is 0 Å². The molecule has 0 radical (unpaired) electrons. The first kappa shape index (κ1) is 16.3. The van der Waals surface area contributed by atoms with Gasteiger partial charge in [-0.15, -0.1) is 0 Å². The van der Waals surface area contributed by atoms with Crippen LogP contribution in [0.3, 0.4) is 0 Å². The van der Waals surface area contributed by atoms with E-state index < -0.39 is 0 Å². The predicted octanol–water partition coefficient (Wildman–Crippen LogP) is 3.09. The smallest absolute Gasteiger partial charge is 0.319 e. The van der Waals surface area contributed by atoms with Gasteiger partial charge >= 0.3 is 6.03 Å². The third kappa shape index (κ3) is 4.23. The fourth-order valence-corrected chi connectivity index (χ4v) is 2.85. The van der Waals surface area contributed by atoms with Crippen LogP contribution in [-0.2, 0) is 0 Å². The third-order valence-electron chi connectivity index (χ3n) is 4.20. The van der Waals surface area contributed by atoms with Gasteiger partial charge in [0.15, 0.2) is 0 Å². The molecular formula is C17H25N3O2. The number of nitrogens with one attached hydrogen (secondary N) is 2. The molecule has 3 amide bonds. The zero-order chi connectivity index (χ0) is 16.1. The number of hydrogen-bond donors (Lipinski definition) is 2. The van der Waals surface area contributed by atoms with E-state index in [0.29, 0.717) is 17.2 Å². The Kier molecular flexibility index (Phi) is 5.41. The highest BCUT2D eigenvalue weighted by Crippen LogP contribution is 2.23. The number of benzene rings is 1. The Labute approximate surface area is 132 Å². The first-order valence-electron chi connectivity index (χ1n) is 7.86.